The van der Waals surface area contributed by atoms with Crippen LogP contribution >= 0.6 is 18.8 Å². The first-order valence-corrected chi connectivity index (χ1v) is 5.82. The predicted octanol–water partition coefficient (Wildman–Crippen LogP) is 0.448. The van der Waals surface area contributed by atoms with E-state index in [1.807, 2.05) is 0 Å². The third kappa shape index (κ3) is 25.0. The Bertz CT molecular complexity index is 143. The van der Waals surface area contributed by atoms with Crippen LogP contribution in [0, 0.1) is 0 Å². The summed E-state index contributed by atoms with van der Waals surface area (Å²) >= 11 is 0. The lowest BCUT2D eigenvalue weighted by Crippen LogP contribution is -2.06. The normalized spacial score (nSPS) is 16.3. The van der Waals surface area contributed by atoms with Gasteiger partial charge in [0.15, 0.2) is 0 Å². The number of hydrogen-bond acceptors (Lipinski definition) is 4. The molecule has 0 saturated carbocycles. The van der Waals surface area contributed by atoms with Gasteiger partial charge in [0.2, 0.25) is 0 Å². The van der Waals surface area contributed by atoms with Crippen LogP contribution in [0.5, 0.6) is 0 Å². The molecule has 1 aliphatic rings. The van der Waals surface area contributed by atoms with Crippen molar-refractivity contribution < 1.29 is 4.74 Å². The minimum atomic E-state index is 0.516. The molecule has 3 atom stereocenters. The van der Waals surface area contributed by atoms with Crippen LogP contribution in [0.3, 0.4) is 0 Å². The summed E-state index contributed by atoms with van der Waals surface area (Å²) in [5.41, 5.74) is 4.91. The van der Waals surface area contributed by atoms with E-state index >= 15 is 0 Å². The van der Waals surface area contributed by atoms with Crippen molar-refractivity contribution in [2.24, 2.45) is 5.73 Å². The van der Waals surface area contributed by atoms with Gasteiger partial charge in [0.1, 0.15) is 0 Å². The molecule has 1 fully saturated rings. The quantitative estimate of drug-likeness (QED) is 0.377. The highest BCUT2D eigenvalue weighted by molar-refractivity contribution is 7.13. The van der Waals surface area contributed by atoms with Gasteiger partial charge in [0, 0.05) is 19.6 Å². The molecular formula is C9H23N3OP2. The lowest BCUT2D eigenvalue weighted by atomic mass is 10.5. The summed E-state index contributed by atoms with van der Waals surface area (Å²) in [6.07, 6.45) is 3.97. The van der Waals surface area contributed by atoms with Crippen LogP contribution in [0.15, 0.2) is 25.3 Å². The average molecular weight is 251 g/mol. The summed E-state index contributed by atoms with van der Waals surface area (Å²) in [6, 6.07) is 0. The Hall–Kier alpha value is 0.180. The fourth-order valence-corrected chi connectivity index (χ4v) is 0.830. The van der Waals surface area contributed by atoms with Crippen molar-refractivity contribution in [2.75, 3.05) is 26.2 Å². The highest BCUT2D eigenvalue weighted by Gasteiger charge is 2.20. The van der Waals surface area contributed by atoms with Crippen molar-refractivity contribution in [1.29, 1.82) is 0 Å². The molecule has 4 N–H and O–H groups in total. The van der Waals surface area contributed by atoms with E-state index in [1.165, 1.54) is 0 Å². The maximum absolute atomic E-state index is 4.91. The molecule has 6 heteroatoms. The van der Waals surface area contributed by atoms with E-state index in [0.717, 1.165) is 19.7 Å². The molecule has 90 valence electrons. The monoisotopic (exact) mass is 251 g/mol. The van der Waals surface area contributed by atoms with Crippen LogP contribution in [-0.2, 0) is 4.74 Å². The Labute approximate surface area is 97.6 Å². The molecule has 3 unspecified atom stereocenters. The van der Waals surface area contributed by atoms with Crippen LogP contribution in [0.2, 0.25) is 0 Å². The zero-order valence-electron chi connectivity index (χ0n) is 9.11. The summed E-state index contributed by atoms with van der Waals surface area (Å²) in [5.74, 6) is 0. The third-order valence-corrected chi connectivity index (χ3v) is 1.65. The molecular weight excluding hydrogens is 228 g/mol. The SMILES string of the molecule is C=CCN.C=CCNP.PNCC1CO1. The Kier molecular flexibility index (Phi) is 19.4. The fourth-order valence-electron chi connectivity index (χ4n) is 0.401. The molecule has 1 saturated heterocycles. The first-order valence-electron chi connectivity index (χ1n) is 4.67. The van der Waals surface area contributed by atoms with Crippen LogP contribution in [0.1, 0.15) is 0 Å². The molecule has 0 bridgehead atoms. The van der Waals surface area contributed by atoms with Gasteiger partial charge in [-0.25, -0.2) is 0 Å². The van der Waals surface area contributed by atoms with Gasteiger partial charge in [0.05, 0.1) is 12.7 Å². The van der Waals surface area contributed by atoms with E-state index in [1.54, 1.807) is 12.2 Å². The molecule has 15 heavy (non-hydrogen) atoms. The van der Waals surface area contributed by atoms with E-state index < -0.39 is 0 Å². The molecule has 1 heterocycles. The molecule has 0 aromatic rings. The largest absolute Gasteiger partial charge is 0.372 e. The summed E-state index contributed by atoms with van der Waals surface area (Å²) in [5, 5.41) is 5.74. The standard InChI is InChI=1S/C3H8NOP.C3H8NP.C3H7N/c6-4-1-3-2-5-3;1-2-3-4-5;1-2-3-4/h3-4H,1-2,6H2;2,4H,1,3,5H2;2H,1,3-4H2. The molecule has 0 radical (unpaired) electrons. The number of nitrogens with two attached hydrogens (primary N) is 1. The van der Waals surface area contributed by atoms with Crippen molar-refractivity contribution in [2.45, 2.75) is 6.10 Å². The molecule has 1 aliphatic heterocycles. The first kappa shape index (κ1) is 17.6. The molecule has 0 aromatic carbocycles. The maximum Gasteiger partial charge on any atom is 0.0937 e. The third-order valence-electron chi connectivity index (χ3n) is 1.18. The average Bonchev–Trinajstić information content (AvgIpc) is 3.05. The molecule has 4 nitrogen and oxygen atoms in total. The highest BCUT2D eigenvalue weighted by atomic mass is 31.0. The second-order valence-electron chi connectivity index (χ2n) is 2.58. The van der Waals surface area contributed by atoms with Crippen LogP contribution in [0.4, 0.5) is 0 Å². The van der Waals surface area contributed by atoms with Gasteiger partial charge in [-0.1, -0.05) is 30.9 Å². The highest BCUT2D eigenvalue weighted by Crippen LogP contribution is 2.06. The van der Waals surface area contributed by atoms with Gasteiger partial charge < -0.3 is 10.5 Å². The number of ether oxygens (including phenoxy) is 1. The summed E-state index contributed by atoms with van der Waals surface area (Å²) in [4.78, 5) is 0. The predicted molar refractivity (Wildman–Crippen MR) is 74.6 cm³/mol. The number of rotatable bonds is 5. The topological polar surface area (TPSA) is 62.6 Å². The van der Waals surface area contributed by atoms with Gasteiger partial charge in [0.25, 0.3) is 0 Å². The van der Waals surface area contributed by atoms with Crippen molar-refractivity contribution in [3.8, 4) is 0 Å². The Morgan fingerprint density at radius 1 is 1.33 bits per heavy atom. The van der Waals surface area contributed by atoms with E-state index in [0.29, 0.717) is 12.6 Å². The van der Waals surface area contributed by atoms with Crippen LogP contribution < -0.4 is 15.9 Å². The van der Waals surface area contributed by atoms with Crippen molar-refractivity contribution in [3.05, 3.63) is 25.3 Å². The lowest BCUT2D eigenvalue weighted by Gasteiger charge is -1.84. The van der Waals surface area contributed by atoms with Crippen LogP contribution in [0.25, 0.3) is 0 Å². The summed E-state index contributed by atoms with van der Waals surface area (Å²) in [6.45, 7) is 10.2. The van der Waals surface area contributed by atoms with E-state index in [9.17, 15) is 0 Å². The molecule has 0 aliphatic carbocycles. The summed E-state index contributed by atoms with van der Waals surface area (Å²) in [7, 11) is 4.81. The van der Waals surface area contributed by atoms with Crippen molar-refractivity contribution in [1.82, 2.24) is 10.2 Å². The molecule has 0 amide bonds. The van der Waals surface area contributed by atoms with Gasteiger partial charge >= 0.3 is 0 Å². The Morgan fingerprint density at radius 3 is 1.93 bits per heavy atom. The van der Waals surface area contributed by atoms with Crippen molar-refractivity contribution >= 4 is 18.8 Å². The van der Waals surface area contributed by atoms with E-state index in [2.05, 4.69) is 42.1 Å². The van der Waals surface area contributed by atoms with Gasteiger partial charge in [-0.05, 0) is 0 Å². The zero-order chi connectivity index (χ0) is 11.9. The van der Waals surface area contributed by atoms with Gasteiger partial charge in [-0.3, -0.25) is 10.2 Å². The number of hydrogen-bond donors (Lipinski definition) is 3. The minimum Gasteiger partial charge on any atom is -0.372 e. The Balaban J connectivity index is 0. The van der Waals surface area contributed by atoms with E-state index in [-0.39, 0.29) is 0 Å². The smallest absolute Gasteiger partial charge is 0.0937 e. The first-order chi connectivity index (χ1) is 7.26. The second-order valence-corrected chi connectivity index (χ2v) is 3.40. The summed E-state index contributed by atoms with van der Waals surface area (Å²) < 4.78 is 4.87. The van der Waals surface area contributed by atoms with E-state index in [4.69, 9.17) is 10.5 Å². The lowest BCUT2D eigenvalue weighted by molar-refractivity contribution is 0.409. The number of epoxide rings is 1. The molecule has 0 spiro atoms. The van der Waals surface area contributed by atoms with Crippen LogP contribution in [-0.4, -0.2) is 32.3 Å². The Morgan fingerprint density at radius 2 is 1.87 bits per heavy atom. The second kappa shape index (κ2) is 16.6. The fraction of sp³-hybridized carbons (Fsp3) is 0.556. The molecule has 0 aromatic heterocycles. The van der Waals surface area contributed by atoms with Gasteiger partial charge in [-0.15, -0.1) is 13.2 Å². The molecule has 1 rings (SSSR count). The van der Waals surface area contributed by atoms with Crippen molar-refractivity contribution in [3.63, 3.8) is 0 Å². The number of nitrogens with one attached hydrogen (secondary N) is 2. The van der Waals surface area contributed by atoms with Gasteiger partial charge in [-0.2, -0.15) is 0 Å². The zero-order valence-corrected chi connectivity index (χ0v) is 11.4. The minimum absolute atomic E-state index is 0.516. The maximum atomic E-state index is 4.91.